The molecule has 1 N–H and O–H groups in total. The van der Waals surface area contributed by atoms with Gasteiger partial charge in [0.1, 0.15) is 0 Å². The molecule has 0 aliphatic rings. The van der Waals surface area contributed by atoms with Crippen LogP contribution in [-0.2, 0) is 22.7 Å². The maximum absolute atomic E-state index is 8.67. The number of rotatable bonds is 0. The van der Waals surface area contributed by atoms with Gasteiger partial charge in [-0.05, 0) is 0 Å². The molecule has 0 fully saturated rings. The minimum absolute atomic E-state index is 0. The molecule has 0 saturated carbocycles. The van der Waals surface area contributed by atoms with Gasteiger partial charge in [0.2, 0.25) is 0 Å². The van der Waals surface area contributed by atoms with Crippen LogP contribution in [0.3, 0.4) is 0 Å². The van der Waals surface area contributed by atoms with Crippen molar-refractivity contribution >= 4 is 29.6 Å². The third-order valence-electron chi connectivity index (χ3n) is 0. The van der Waals surface area contributed by atoms with Gasteiger partial charge in [-0.3, -0.25) is 0 Å². The fourth-order valence-corrected chi connectivity index (χ4v) is 0. The average Bonchev–Trinajstić information content (AvgIpc) is 0.811. The Balaban J connectivity index is -0.0000000450. The van der Waals surface area contributed by atoms with Crippen molar-refractivity contribution in [2.24, 2.45) is 0 Å². The second-order valence-electron chi connectivity index (χ2n) is 0.238. The van der Waals surface area contributed by atoms with Gasteiger partial charge < -0.3 is 0 Å². The van der Waals surface area contributed by atoms with Gasteiger partial charge in [0, 0.05) is 35.6 Å². The summed E-state index contributed by atoms with van der Waals surface area (Å²) < 4.78 is 24.4. The molecule has 0 aromatic carbocycles. The van der Waals surface area contributed by atoms with Gasteiger partial charge in [-0.25, -0.2) is 0 Å². The zero-order valence-electron chi connectivity index (χ0n) is 2.29. The third-order valence-corrected chi connectivity index (χ3v) is 0. The molecular weight excluding hydrogens is 261 g/mol. The second-order valence-corrected chi connectivity index (χ2v) is 0.981. The molecule has 3 nitrogen and oxygen atoms in total. The van der Waals surface area contributed by atoms with Gasteiger partial charge in [0.25, 0.3) is 0 Å². The molecule has 0 bridgehead atoms. The van der Waals surface area contributed by atoms with E-state index < -0.39 is 15.4 Å². The van der Waals surface area contributed by atoms with Crippen LogP contribution in [0.15, 0.2) is 0 Å². The van der Waals surface area contributed by atoms with Gasteiger partial charge in [0.15, 0.2) is 0 Å². The maximum atomic E-state index is 8.67. The standard InChI is InChI=1S/La.Na.H2O.2O.V.H/h;;1H2;;;;/q;;;;;+1;/p-1. The van der Waals surface area contributed by atoms with Crippen LogP contribution in [0.25, 0.3) is 0 Å². The van der Waals surface area contributed by atoms with Crippen molar-refractivity contribution in [1.29, 1.82) is 0 Å². The summed E-state index contributed by atoms with van der Waals surface area (Å²) in [5.74, 6) is 0. The summed E-state index contributed by atoms with van der Waals surface area (Å²) in [6.07, 6.45) is 0. The van der Waals surface area contributed by atoms with Crippen molar-refractivity contribution in [2.75, 3.05) is 0 Å². The topological polar surface area (TPSA) is 54.4 Å². The molecule has 0 aromatic heterocycles. The first-order valence-electron chi connectivity index (χ1n) is 0.565. The van der Waals surface area contributed by atoms with E-state index in [4.69, 9.17) is 11.4 Å². The monoisotopic (exact) mass is 263 g/mol. The minimum atomic E-state index is -3.69. The zero-order valence-corrected chi connectivity index (χ0v) is 7.31. The van der Waals surface area contributed by atoms with E-state index in [0.717, 1.165) is 0 Å². The molecule has 6 heavy (non-hydrogen) atoms. The second kappa shape index (κ2) is 10.3. The fraction of sp³-hybridized carbons (Fsp3) is 0. The zero-order chi connectivity index (χ0) is 3.58. The first kappa shape index (κ1) is 15.8. The normalized spacial score (nSPS) is 4.17. The third kappa shape index (κ3) is 33.0. The Morgan fingerprint density at radius 3 is 1.33 bits per heavy atom. The molecule has 0 aliphatic carbocycles. The average molecular weight is 263 g/mol. The SMILES string of the molecule is [La].[NaH].[O]=[V](=[O])[OH]. The summed E-state index contributed by atoms with van der Waals surface area (Å²) in [7, 11) is 0. The van der Waals surface area contributed by atoms with E-state index in [9.17, 15) is 0 Å². The quantitative estimate of drug-likeness (QED) is 0.544. The van der Waals surface area contributed by atoms with Crippen LogP contribution in [-0.4, -0.2) is 33.6 Å². The van der Waals surface area contributed by atoms with Crippen LogP contribution in [0.2, 0.25) is 0 Å². The molecule has 6 heteroatoms. The Labute approximate surface area is 90.1 Å². The summed E-state index contributed by atoms with van der Waals surface area (Å²) in [5, 5.41) is 0. The predicted octanol–water partition coefficient (Wildman–Crippen LogP) is -1.45. The Morgan fingerprint density at radius 2 is 1.33 bits per heavy atom. The Kier molecular flexibility index (Phi) is 27.2. The Morgan fingerprint density at radius 1 is 1.33 bits per heavy atom. The van der Waals surface area contributed by atoms with E-state index in [0.29, 0.717) is 0 Å². The fourth-order valence-electron chi connectivity index (χ4n) is 0. The van der Waals surface area contributed by atoms with Crippen molar-refractivity contribution in [2.45, 2.75) is 0 Å². The summed E-state index contributed by atoms with van der Waals surface area (Å²) in [5.41, 5.74) is 0. The van der Waals surface area contributed by atoms with E-state index in [1.54, 1.807) is 0 Å². The van der Waals surface area contributed by atoms with E-state index in [2.05, 4.69) is 0 Å². The Hall–Kier alpha value is 2.34. The molecule has 0 rings (SSSR count). The molecule has 0 heterocycles. The van der Waals surface area contributed by atoms with Crippen molar-refractivity contribution in [3.63, 3.8) is 0 Å². The number of hydrogen-bond acceptors (Lipinski definition) is 2. The molecule has 0 aliphatic heterocycles. The van der Waals surface area contributed by atoms with Crippen LogP contribution in [0, 0.1) is 35.6 Å². The van der Waals surface area contributed by atoms with Gasteiger partial charge in [-0.2, -0.15) is 0 Å². The summed E-state index contributed by atoms with van der Waals surface area (Å²) in [6, 6.07) is 0. The van der Waals surface area contributed by atoms with Gasteiger partial charge in [-0.15, -0.1) is 0 Å². The van der Waals surface area contributed by atoms with Gasteiger partial charge in [-0.1, -0.05) is 0 Å². The van der Waals surface area contributed by atoms with Crippen molar-refractivity contribution < 1.29 is 62.4 Å². The van der Waals surface area contributed by atoms with E-state index in [1.807, 2.05) is 0 Å². The summed E-state index contributed by atoms with van der Waals surface area (Å²) >= 11 is -3.69. The first-order chi connectivity index (χ1) is 1.73. The van der Waals surface area contributed by atoms with Crippen LogP contribution in [0.1, 0.15) is 0 Å². The Bertz CT molecular complexity index is 59.2. The van der Waals surface area contributed by atoms with E-state index >= 15 is 0 Å². The summed E-state index contributed by atoms with van der Waals surface area (Å²) in [4.78, 5) is 0. The van der Waals surface area contributed by atoms with Gasteiger partial charge in [0.05, 0.1) is 0 Å². The van der Waals surface area contributed by atoms with Crippen molar-refractivity contribution in [3.05, 3.63) is 0 Å². The van der Waals surface area contributed by atoms with Gasteiger partial charge >= 0.3 is 56.3 Å². The molecule has 1 radical (unpaired) electrons. The molecule has 0 unspecified atom stereocenters. The molecule has 0 atom stereocenters. The van der Waals surface area contributed by atoms with Crippen LogP contribution >= 0.6 is 0 Å². The molecule has 0 saturated heterocycles. The van der Waals surface area contributed by atoms with Crippen LogP contribution in [0.4, 0.5) is 0 Å². The van der Waals surface area contributed by atoms with Crippen LogP contribution < -0.4 is 0 Å². The molecule has 0 aromatic rings. The first-order valence-corrected chi connectivity index (χ1v) is 2.33. The molecule has 0 amide bonds. The number of hydrogen-bond donors (Lipinski definition) is 1. The molecule has 0 spiro atoms. The molecule has 29 valence electrons. The van der Waals surface area contributed by atoms with Crippen molar-refractivity contribution in [3.8, 4) is 0 Å². The van der Waals surface area contributed by atoms with Crippen LogP contribution in [0.5, 0.6) is 0 Å². The predicted molar refractivity (Wildman–Crippen MR) is 10.7 cm³/mol. The van der Waals surface area contributed by atoms with Crippen molar-refractivity contribution in [1.82, 2.24) is 0 Å². The van der Waals surface area contributed by atoms with E-state index in [1.165, 1.54) is 0 Å². The van der Waals surface area contributed by atoms with E-state index in [-0.39, 0.29) is 65.2 Å². The molecular formula is H2LaNaO3V. The summed E-state index contributed by atoms with van der Waals surface area (Å²) in [6.45, 7) is 0.